The van der Waals surface area contributed by atoms with Crippen LogP contribution in [0.15, 0.2) is 24.3 Å². The van der Waals surface area contributed by atoms with Crippen LogP contribution in [-0.2, 0) is 26.7 Å². The number of aryl methyl sites for hydroxylation is 1. The van der Waals surface area contributed by atoms with Crippen molar-refractivity contribution in [1.82, 2.24) is 0 Å². The van der Waals surface area contributed by atoms with Crippen LogP contribution < -0.4 is 0 Å². The van der Waals surface area contributed by atoms with E-state index in [4.69, 9.17) is 13.0 Å². The first-order chi connectivity index (χ1) is 12.5. The fraction of sp³-hybridized carbons (Fsp3) is 0.632. The first-order valence-corrected chi connectivity index (χ1v) is 10.6. The van der Waals surface area contributed by atoms with E-state index in [1.54, 1.807) is 11.1 Å². The average Bonchev–Trinajstić information content (AvgIpc) is 2.71. The molecule has 3 rings (SSSR count). The summed E-state index contributed by atoms with van der Waals surface area (Å²) in [7, 11) is -5.84. The maximum absolute atomic E-state index is 11.9. The predicted octanol–water partition coefficient (Wildman–Crippen LogP) is 4.82. The number of halogens is 3. The molecule has 152 valence electrons. The maximum Gasteiger partial charge on any atom is 0.522 e. The van der Waals surface area contributed by atoms with Gasteiger partial charge in [0.15, 0.2) is 0 Å². The molecule has 1 aromatic carbocycles. The van der Waals surface area contributed by atoms with E-state index >= 15 is 0 Å². The summed E-state index contributed by atoms with van der Waals surface area (Å²) in [5, 5.41) is 0. The molecule has 4 nitrogen and oxygen atoms in total. The zero-order chi connectivity index (χ0) is 20.3. The molecule has 27 heavy (non-hydrogen) atoms. The molecule has 0 radical (unpaired) electrons. The van der Waals surface area contributed by atoms with E-state index in [2.05, 4.69) is 31.2 Å². The Balaban J connectivity index is 0.000000279. The zero-order valence-corrected chi connectivity index (χ0v) is 16.1. The number of alkyl halides is 3. The third kappa shape index (κ3) is 4.90. The van der Waals surface area contributed by atoms with Crippen molar-refractivity contribution in [3.05, 3.63) is 35.4 Å². The van der Waals surface area contributed by atoms with Gasteiger partial charge in [0, 0.05) is 12.8 Å². The van der Waals surface area contributed by atoms with E-state index in [0.717, 1.165) is 19.3 Å². The van der Waals surface area contributed by atoms with E-state index in [1.807, 2.05) is 0 Å². The van der Waals surface area contributed by atoms with Crippen molar-refractivity contribution in [3.63, 3.8) is 0 Å². The van der Waals surface area contributed by atoms with Crippen molar-refractivity contribution in [2.75, 3.05) is 0 Å². The molecule has 0 saturated heterocycles. The van der Waals surface area contributed by atoms with Crippen molar-refractivity contribution in [2.45, 2.75) is 69.2 Å². The van der Waals surface area contributed by atoms with Gasteiger partial charge in [0.2, 0.25) is 0 Å². The zero-order valence-electron chi connectivity index (χ0n) is 15.3. The fourth-order valence-corrected chi connectivity index (χ4v) is 4.54. The van der Waals surface area contributed by atoms with Crippen LogP contribution in [0.4, 0.5) is 13.2 Å². The molecule has 0 aromatic heterocycles. The summed E-state index contributed by atoms with van der Waals surface area (Å²) in [6.45, 7) is 2.29. The lowest BCUT2D eigenvalue weighted by atomic mass is 9.59. The Morgan fingerprint density at radius 1 is 1.22 bits per heavy atom. The second-order valence-electron chi connectivity index (χ2n) is 7.32. The summed E-state index contributed by atoms with van der Waals surface area (Å²) in [6.07, 6.45) is 8.87. The van der Waals surface area contributed by atoms with Gasteiger partial charge in [-0.2, -0.15) is 21.6 Å². The van der Waals surface area contributed by atoms with Crippen molar-refractivity contribution >= 4 is 15.9 Å². The lowest BCUT2D eigenvalue weighted by molar-refractivity contribution is -0.123. The third-order valence-electron chi connectivity index (χ3n) is 5.65. The third-order valence-corrected chi connectivity index (χ3v) is 6.23. The average molecular weight is 406 g/mol. The number of hydrogen-bond donors (Lipinski definition) is 1. The molecule has 1 aromatic rings. The van der Waals surface area contributed by atoms with Crippen LogP contribution in [0.1, 0.15) is 63.0 Å². The quantitative estimate of drug-likeness (QED) is 0.564. The molecule has 0 aliphatic heterocycles. The number of ketones is 1. The van der Waals surface area contributed by atoms with E-state index in [9.17, 15) is 18.0 Å². The second-order valence-corrected chi connectivity index (χ2v) is 8.73. The summed E-state index contributed by atoms with van der Waals surface area (Å²) in [5.74, 6) is 1.09. The van der Waals surface area contributed by atoms with Gasteiger partial charge in [-0.05, 0) is 54.6 Å². The summed E-state index contributed by atoms with van der Waals surface area (Å²) >= 11 is 0. The van der Waals surface area contributed by atoms with Crippen LogP contribution >= 0.6 is 0 Å². The first kappa shape index (κ1) is 21.9. The number of fused-ring (bicyclic) bond motifs is 3. The topological polar surface area (TPSA) is 71.4 Å². The van der Waals surface area contributed by atoms with Gasteiger partial charge in [0.1, 0.15) is 5.78 Å². The smallest absolute Gasteiger partial charge is 0.300 e. The highest BCUT2D eigenvalue weighted by Crippen LogP contribution is 2.50. The Bertz CT molecular complexity index is 773. The molecular formula is C19H25F3O4S. The van der Waals surface area contributed by atoms with Crippen molar-refractivity contribution in [3.8, 4) is 0 Å². The fourth-order valence-electron chi connectivity index (χ4n) is 4.54. The molecule has 2 aliphatic carbocycles. The molecule has 2 atom stereocenters. The number of rotatable bonds is 2. The minimum absolute atomic E-state index is 0.301. The lowest BCUT2D eigenvalue weighted by Gasteiger charge is -2.44. The van der Waals surface area contributed by atoms with Crippen LogP contribution in [0, 0.1) is 5.92 Å². The molecule has 0 amide bonds. The normalized spacial score (nSPS) is 25.5. The van der Waals surface area contributed by atoms with E-state index < -0.39 is 15.6 Å². The second kappa shape index (κ2) is 8.31. The minimum atomic E-state index is -5.84. The molecule has 1 fully saturated rings. The number of benzene rings is 1. The molecule has 1 saturated carbocycles. The Morgan fingerprint density at radius 3 is 2.44 bits per heavy atom. The standard InChI is InChI=1S/C18H24O.CHF3O3S/c1-2-11-18-12-10-16(19)13-15(18)8-5-7-14-6-3-4-9-17(14)18;2-1(3,4)8(5,6)7/h3-4,6,9,15H,2,5,7-8,10-13H2,1H3;(H,5,6,7)/t15-,18+;/m1./s1. The summed E-state index contributed by atoms with van der Waals surface area (Å²) in [4.78, 5) is 11.9. The van der Waals surface area contributed by atoms with Crippen LogP contribution in [0.2, 0.25) is 0 Å². The van der Waals surface area contributed by atoms with Gasteiger partial charge in [-0.1, -0.05) is 37.6 Å². The highest BCUT2D eigenvalue weighted by atomic mass is 32.2. The number of carbonyl (C=O) groups is 1. The van der Waals surface area contributed by atoms with Gasteiger partial charge in [-0.3, -0.25) is 9.35 Å². The maximum atomic E-state index is 11.9. The van der Waals surface area contributed by atoms with E-state index in [-0.39, 0.29) is 0 Å². The minimum Gasteiger partial charge on any atom is -0.300 e. The van der Waals surface area contributed by atoms with Crippen LogP contribution in [-0.4, -0.2) is 24.3 Å². The SMILES string of the molecule is CCC[C@]12CCC(=O)C[C@H]1CCCc1ccccc12.O=S(=O)(O)C(F)(F)F. The summed E-state index contributed by atoms with van der Waals surface area (Å²) in [5.41, 5.74) is -2.11. The van der Waals surface area contributed by atoms with Gasteiger partial charge in [0.05, 0.1) is 0 Å². The van der Waals surface area contributed by atoms with Gasteiger partial charge in [-0.25, -0.2) is 0 Å². The van der Waals surface area contributed by atoms with Crippen LogP contribution in [0.3, 0.4) is 0 Å². The Hall–Kier alpha value is -1.41. The van der Waals surface area contributed by atoms with Gasteiger partial charge in [0.25, 0.3) is 0 Å². The molecule has 1 N–H and O–H groups in total. The highest BCUT2D eigenvalue weighted by Gasteiger charge is 2.45. The van der Waals surface area contributed by atoms with Crippen molar-refractivity contribution in [2.24, 2.45) is 5.92 Å². The van der Waals surface area contributed by atoms with Gasteiger partial charge < -0.3 is 0 Å². The van der Waals surface area contributed by atoms with Gasteiger partial charge in [-0.15, -0.1) is 0 Å². The molecule has 0 heterocycles. The molecular weight excluding hydrogens is 381 g/mol. The number of hydrogen-bond acceptors (Lipinski definition) is 3. The first-order valence-electron chi connectivity index (χ1n) is 9.15. The largest absolute Gasteiger partial charge is 0.522 e. The molecule has 0 spiro atoms. The van der Waals surface area contributed by atoms with E-state index in [1.165, 1.54) is 32.1 Å². The Morgan fingerprint density at radius 2 is 1.85 bits per heavy atom. The Kier molecular flexibility index (Phi) is 6.73. The van der Waals surface area contributed by atoms with Gasteiger partial charge >= 0.3 is 15.6 Å². The molecule has 8 heteroatoms. The molecule has 2 aliphatic rings. The van der Waals surface area contributed by atoms with Crippen LogP contribution in [0.5, 0.6) is 0 Å². The van der Waals surface area contributed by atoms with E-state index in [0.29, 0.717) is 17.1 Å². The van der Waals surface area contributed by atoms with Crippen LogP contribution in [0.25, 0.3) is 0 Å². The van der Waals surface area contributed by atoms with Crippen molar-refractivity contribution in [1.29, 1.82) is 0 Å². The summed E-state index contributed by atoms with van der Waals surface area (Å²) < 4.78 is 57.5. The van der Waals surface area contributed by atoms with Crippen molar-refractivity contribution < 1.29 is 30.9 Å². The number of carbonyl (C=O) groups excluding carboxylic acids is 1. The summed E-state index contributed by atoms with van der Waals surface area (Å²) in [6, 6.07) is 9.02. The number of Topliss-reactive ketones (excluding diaryl/α,β-unsaturated/α-hetero) is 1. The molecule has 0 bridgehead atoms. The highest BCUT2D eigenvalue weighted by molar-refractivity contribution is 7.86. The Labute approximate surface area is 157 Å². The predicted molar refractivity (Wildman–Crippen MR) is 95.9 cm³/mol. The monoisotopic (exact) mass is 406 g/mol. The molecule has 0 unspecified atom stereocenters. The lowest BCUT2D eigenvalue weighted by Crippen LogP contribution is -2.40.